The van der Waals surface area contributed by atoms with Gasteiger partial charge in [0.05, 0.1) is 19.6 Å². The highest BCUT2D eigenvalue weighted by molar-refractivity contribution is 5.91. The van der Waals surface area contributed by atoms with Crippen molar-refractivity contribution in [3.05, 3.63) is 54.1 Å². The molecule has 2 aromatic carbocycles. The third kappa shape index (κ3) is 5.03. The lowest BCUT2D eigenvalue weighted by atomic mass is 9.81. The highest BCUT2D eigenvalue weighted by atomic mass is 16.5. The molecule has 2 N–H and O–H groups in total. The predicted octanol–water partition coefficient (Wildman–Crippen LogP) is 3.65. The van der Waals surface area contributed by atoms with Gasteiger partial charge >= 0.3 is 6.03 Å². The minimum absolute atomic E-state index is 0.0324. The first-order valence-corrected chi connectivity index (χ1v) is 10.1. The third-order valence-electron chi connectivity index (χ3n) is 5.46. The van der Waals surface area contributed by atoms with Crippen LogP contribution in [0.4, 0.5) is 10.5 Å². The van der Waals surface area contributed by atoms with E-state index in [-0.39, 0.29) is 11.9 Å². The lowest BCUT2D eigenvalue weighted by molar-refractivity contribution is -0.132. The number of piperidine rings is 1. The molecule has 1 saturated heterocycles. The van der Waals surface area contributed by atoms with Crippen molar-refractivity contribution in [1.82, 2.24) is 10.2 Å². The molecule has 2 aromatic rings. The fourth-order valence-corrected chi connectivity index (χ4v) is 3.71. The molecule has 0 bridgehead atoms. The summed E-state index contributed by atoms with van der Waals surface area (Å²) in [6, 6.07) is 14.8. The van der Waals surface area contributed by atoms with Gasteiger partial charge in [0.2, 0.25) is 5.91 Å². The summed E-state index contributed by atoms with van der Waals surface area (Å²) in [5.74, 6) is 1.10. The van der Waals surface area contributed by atoms with Crippen LogP contribution in [0.1, 0.15) is 25.3 Å². The van der Waals surface area contributed by atoms with Crippen LogP contribution < -0.4 is 20.1 Å². The first kappa shape index (κ1) is 21.5. The zero-order chi connectivity index (χ0) is 21.6. The van der Waals surface area contributed by atoms with Crippen molar-refractivity contribution in [2.24, 2.45) is 5.41 Å². The molecular formula is C23H29N3O4. The second-order valence-electron chi connectivity index (χ2n) is 7.75. The lowest BCUT2D eigenvalue weighted by Crippen LogP contribution is -2.52. The Labute approximate surface area is 177 Å². The Morgan fingerprint density at radius 1 is 1.07 bits per heavy atom. The fourth-order valence-electron chi connectivity index (χ4n) is 3.71. The average molecular weight is 412 g/mol. The molecule has 7 heteroatoms. The summed E-state index contributed by atoms with van der Waals surface area (Å²) in [4.78, 5) is 27.4. The summed E-state index contributed by atoms with van der Waals surface area (Å²) in [6.45, 7) is 3.38. The molecule has 1 heterocycles. The number of carbonyl (C=O) groups excluding carboxylic acids is 2. The molecule has 0 aromatic heterocycles. The summed E-state index contributed by atoms with van der Waals surface area (Å²) >= 11 is 0. The van der Waals surface area contributed by atoms with Gasteiger partial charge in [-0.3, -0.25) is 4.79 Å². The number of nitrogens with one attached hydrogen (secondary N) is 2. The quantitative estimate of drug-likeness (QED) is 0.760. The van der Waals surface area contributed by atoms with Crippen LogP contribution in [-0.4, -0.2) is 44.1 Å². The number of benzene rings is 2. The van der Waals surface area contributed by atoms with Crippen LogP contribution in [-0.2, 0) is 11.3 Å². The summed E-state index contributed by atoms with van der Waals surface area (Å²) < 4.78 is 10.5. The number of nitrogens with zero attached hydrogens (tertiary/aromatic N) is 1. The van der Waals surface area contributed by atoms with Crippen LogP contribution in [0.2, 0.25) is 0 Å². The van der Waals surface area contributed by atoms with Crippen molar-refractivity contribution in [2.75, 3.05) is 32.6 Å². The Morgan fingerprint density at radius 2 is 1.80 bits per heavy atom. The molecule has 160 valence electrons. The number of likely N-dealkylation sites (tertiary alicyclic amines) is 1. The van der Waals surface area contributed by atoms with Crippen molar-refractivity contribution in [3.63, 3.8) is 0 Å². The van der Waals surface area contributed by atoms with E-state index in [1.54, 1.807) is 37.3 Å². The topological polar surface area (TPSA) is 79.9 Å². The Kier molecular flexibility index (Phi) is 6.82. The van der Waals surface area contributed by atoms with Gasteiger partial charge in [-0.25, -0.2) is 4.79 Å². The fraction of sp³-hybridized carbons (Fsp3) is 0.391. The van der Waals surface area contributed by atoms with Crippen LogP contribution in [0.25, 0.3) is 0 Å². The molecule has 3 amide bonds. The van der Waals surface area contributed by atoms with Gasteiger partial charge in [0, 0.05) is 31.4 Å². The second-order valence-corrected chi connectivity index (χ2v) is 7.75. The van der Waals surface area contributed by atoms with E-state index in [0.717, 1.165) is 18.4 Å². The molecule has 1 unspecified atom stereocenters. The molecule has 0 spiro atoms. The highest BCUT2D eigenvalue weighted by Gasteiger charge is 2.39. The Hall–Kier alpha value is -3.22. The smallest absolute Gasteiger partial charge is 0.321 e. The van der Waals surface area contributed by atoms with Gasteiger partial charge in [-0.15, -0.1) is 0 Å². The number of amides is 3. The van der Waals surface area contributed by atoms with Crippen LogP contribution in [0, 0.1) is 5.41 Å². The van der Waals surface area contributed by atoms with E-state index in [0.29, 0.717) is 36.8 Å². The highest BCUT2D eigenvalue weighted by Crippen LogP contribution is 2.32. The molecule has 3 rings (SSSR count). The van der Waals surface area contributed by atoms with Crippen LogP contribution in [0.15, 0.2) is 48.5 Å². The van der Waals surface area contributed by atoms with Crippen molar-refractivity contribution in [1.29, 1.82) is 0 Å². The van der Waals surface area contributed by atoms with E-state index in [1.165, 1.54) is 0 Å². The third-order valence-corrected chi connectivity index (χ3v) is 5.46. The number of rotatable bonds is 6. The summed E-state index contributed by atoms with van der Waals surface area (Å²) in [7, 11) is 3.11. The van der Waals surface area contributed by atoms with Crippen LogP contribution in [0.5, 0.6) is 11.5 Å². The minimum atomic E-state index is -0.623. The van der Waals surface area contributed by atoms with E-state index < -0.39 is 5.41 Å². The number of ether oxygens (including phenoxy) is 2. The maximum absolute atomic E-state index is 12.9. The molecule has 1 aliphatic rings. The largest absolute Gasteiger partial charge is 0.493 e. The zero-order valence-electron chi connectivity index (χ0n) is 17.7. The van der Waals surface area contributed by atoms with Crippen molar-refractivity contribution >= 4 is 17.6 Å². The van der Waals surface area contributed by atoms with Crippen LogP contribution in [0.3, 0.4) is 0 Å². The SMILES string of the molecule is COc1ccc(NC(=O)N2CCCC(C)(C(=O)NCc3ccccc3)C2)cc1OC. The minimum Gasteiger partial charge on any atom is -0.493 e. The van der Waals surface area contributed by atoms with E-state index in [2.05, 4.69) is 10.6 Å². The number of methoxy groups -OCH3 is 2. The van der Waals surface area contributed by atoms with Gasteiger partial charge in [0.1, 0.15) is 0 Å². The second kappa shape index (κ2) is 9.52. The maximum Gasteiger partial charge on any atom is 0.321 e. The molecule has 1 fully saturated rings. The van der Waals surface area contributed by atoms with Gasteiger partial charge in [0.15, 0.2) is 11.5 Å². The first-order chi connectivity index (χ1) is 14.4. The normalized spacial score (nSPS) is 18.4. The number of urea groups is 1. The van der Waals surface area contributed by atoms with Gasteiger partial charge < -0.3 is 25.0 Å². The van der Waals surface area contributed by atoms with Crippen molar-refractivity contribution < 1.29 is 19.1 Å². The number of hydrogen-bond acceptors (Lipinski definition) is 4. The lowest BCUT2D eigenvalue weighted by Gasteiger charge is -2.39. The average Bonchev–Trinajstić information content (AvgIpc) is 2.78. The molecular weight excluding hydrogens is 382 g/mol. The molecule has 0 aliphatic carbocycles. The van der Waals surface area contributed by atoms with Gasteiger partial charge in [-0.2, -0.15) is 0 Å². The van der Waals surface area contributed by atoms with E-state index in [4.69, 9.17) is 9.47 Å². The van der Waals surface area contributed by atoms with Crippen molar-refractivity contribution in [2.45, 2.75) is 26.3 Å². The predicted molar refractivity (Wildman–Crippen MR) is 116 cm³/mol. The monoisotopic (exact) mass is 411 g/mol. The van der Waals surface area contributed by atoms with E-state index in [1.807, 2.05) is 37.3 Å². The summed E-state index contributed by atoms with van der Waals surface area (Å²) in [6.07, 6.45) is 1.52. The number of hydrogen-bond donors (Lipinski definition) is 2. The molecule has 7 nitrogen and oxygen atoms in total. The standard InChI is InChI=1S/C23H29N3O4/c1-23(21(27)24-15-17-8-5-4-6-9-17)12-7-13-26(16-23)22(28)25-18-10-11-19(29-2)20(14-18)30-3/h4-6,8-11,14H,7,12-13,15-16H2,1-3H3,(H,24,27)(H,25,28). The summed E-state index contributed by atoms with van der Waals surface area (Å²) in [5.41, 5.74) is 1.04. The van der Waals surface area contributed by atoms with E-state index in [9.17, 15) is 9.59 Å². The van der Waals surface area contributed by atoms with E-state index >= 15 is 0 Å². The summed E-state index contributed by atoms with van der Waals surface area (Å²) in [5, 5.41) is 5.91. The van der Waals surface area contributed by atoms with Gasteiger partial charge in [0.25, 0.3) is 0 Å². The number of carbonyl (C=O) groups is 2. The Bertz CT molecular complexity index is 887. The first-order valence-electron chi connectivity index (χ1n) is 10.1. The molecule has 1 aliphatic heterocycles. The molecule has 1 atom stereocenters. The Morgan fingerprint density at radius 3 is 2.50 bits per heavy atom. The van der Waals surface area contributed by atoms with Gasteiger partial charge in [-0.05, 0) is 37.5 Å². The van der Waals surface area contributed by atoms with Gasteiger partial charge in [-0.1, -0.05) is 30.3 Å². The molecule has 30 heavy (non-hydrogen) atoms. The molecule has 0 radical (unpaired) electrons. The van der Waals surface area contributed by atoms with Crippen molar-refractivity contribution in [3.8, 4) is 11.5 Å². The molecule has 0 saturated carbocycles. The van der Waals surface area contributed by atoms with Crippen LogP contribution >= 0.6 is 0 Å². The maximum atomic E-state index is 12.9. The Balaban J connectivity index is 1.61. The zero-order valence-corrected chi connectivity index (χ0v) is 17.7. The number of anilines is 1.